The number of carboxylic acid groups (broad SMARTS) is 4. The molecule has 4 amide bonds. The van der Waals surface area contributed by atoms with Gasteiger partial charge in [0.2, 0.25) is 0 Å². The Bertz CT molecular complexity index is 3780. The lowest BCUT2D eigenvalue weighted by molar-refractivity contribution is -0.407. The molecule has 0 bridgehead atoms. The molecule has 0 aliphatic rings. The van der Waals surface area contributed by atoms with E-state index in [1.807, 2.05) is 36.4 Å². The van der Waals surface area contributed by atoms with E-state index in [0.717, 1.165) is 11.1 Å². The van der Waals surface area contributed by atoms with Crippen LogP contribution in [0, 0.1) is 17.8 Å². The molecule has 0 heterocycles. The van der Waals surface area contributed by atoms with Gasteiger partial charge in [0, 0.05) is 0 Å². The van der Waals surface area contributed by atoms with Crippen molar-refractivity contribution in [2.24, 2.45) is 23.5 Å². The van der Waals surface area contributed by atoms with Crippen molar-refractivity contribution in [1.29, 1.82) is 0 Å². The third-order valence-corrected chi connectivity index (χ3v) is 13.5. The number of allylic oxidation sites excluding steroid dienone is 3. The minimum absolute atomic E-state index is 0.00604. The van der Waals surface area contributed by atoms with Gasteiger partial charge in [0.15, 0.2) is 6.04 Å². The van der Waals surface area contributed by atoms with Gasteiger partial charge < -0.3 is 110 Å². The van der Waals surface area contributed by atoms with Crippen LogP contribution < -0.4 is 32.7 Å². The van der Waals surface area contributed by atoms with Gasteiger partial charge in [-0.3, -0.25) is 33.6 Å². The lowest BCUT2D eigenvalue weighted by Crippen LogP contribution is -2.66. The highest BCUT2D eigenvalue weighted by atomic mass is 16.6. The van der Waals surface area contributed by atoms with Crippen molar-refractivity contribution in [2.45, 2.75) is 193 Å². The molecule has 13 N–H and O–H groups in total. The lowest BCUT2D eigenvalue weighted by atomic mass is 9.96. The monoisotopic (exact) mass is 1740 g/mol. The van der Waals surface area contributed by atoms with Crippen LogP contribution in [-0.2, 0) is 128 Å². The average Bonchev–Trinajstić information content (AvgIpc) is 0.850. The molecule has 0 saturated carbocycles. The molecule has 38 heteroatoms. The van der Waals surface area contributed by atoms with E-state index in [1.54, 1.807) is 107 Å². The number of ether oxygens (including phenoxy) is 12. The molecule has 2 aromatic carbocycles. The number of carboxylic acids is 4. The molecule has 0 radical (unpaired) electrons. The Morgan fingerprint density at radius 3 is 0.943 bits per heavy atom. The summed E-state index contributed by atoms with van der Waals surface area (Å²) in [7, 11) is 0. The van der Waals surface area contributed by atoms with Crippen LogP contribution in [0.5, 0.6) is 0 Å². The van der Waals surface area contributed by atoms with Gasteiger partial charge in [-0.25, -0.2) is 43.2 Å². The van der Waals surface area contributed by atoms with Gasteiger partial charge in [0.1, 0.15) is 112 Å². The van der Waals surface area contributed by atoms with Gasteiger partial charge in [-0.2, -0.15) is 0 Å². The minimum atomic E-state index is -1.49. The Morgan fingerprint density at radius 2 is 0.642 bits per heavy atom. The highest BCUT2D eigenvalue weighted by Gasteiger charge is 2.40. The number of hydrogen-bond donors (Lipinski definition) is 10. The minimum Gasteiger partial charge on any atom is -0.481 e. The van der Waals surface area contributed by atoms with Crippen LogP contribution in [0.2, 0.25) is 0 Å². The highest BCUT2D eigenvalue weighted by molar-refractivity contribution is 5.90. The number of aliphatic carboxylic acids is 4. The van der Waals surface area contributed by atoms with Crippen LogP contribution in [0.15, 0.2) is 175 Å². The normalized spacial score (nSPS) is 12.6. The third kappa shape index (κ3) is 61.7. The fourth-order valence-electron chi connectivity index (χ4n) is 8.37. The summed E-state index contributed by atoms with van der Waals surface area (Å²) in [6, 6.07) is 10.7. The van der Waals surface area contributed by atoms with Crippen molar-refractivity contribution in [3.8, 4) is 0 Å². The zero-order valence-electron chi connectivity index (χ0n) is 71.9. The first kappa shape index (κ1) is 116. The zero-order valence-corrected chi connectivity index (χ0v) is 71.9. The predicted octanol–water partition coefficient (Wildman–Crippen LogP) is 8.38. The second kappa shape index (κ2) is 63.7. The van der Waals surface area contributed by atoms with Crippen molar-refractivity contribution in [3.05, 3.63) is 186 Å². The summed E-state index contributed by atoms with van der Waals surface area (Å²) in [6.07, 6.45) is 8.23. The van der Waals surface area contributed by atoms with Crippen molar-refractivity contribution in [1.82, 2.24) is 21.3 Å². The summed E-state index contributed by atoms with van der Waals surface area (Å²) in [5.41, 5.74) is 6.82. The van der Waals surface area contributed by atoms with Crippen LogP contribution in [0.1, 0.15) is 133 Å². The van der Waals surface area contributed by atoms with Gasteiger partial charge in [-0.15, -0.1) is 19.7 Å². The maximum atomic E-state index is 12.7. The first-order chi connectivity index (χ1) is 57.3. The first-order valence-electron chi connectivity index (χ1n) is 37.6. The molecule has 0 saturated heterocycles. The van der Waals surface area contributed by atoms with E-state index in [4.69, 9.17) is 72.8 Å². The number of amides is 4. The van der Waals surface area contributed by atoms with E-state index in [1.165, 1.54) is 54.7 Å². The SMILES string of the molecule is C=CCOC(=O)C(NC(=O)OC(C)(C)C)[C@H](CC=C)C(=O)O.C=CCOC(=O)C(NC(=O)OC(C)(C)C)[C@H](CC=C)C(=O)OCc1ccccc1.C=CCOC(=O)CC(NC(=O)OC(C)(C)C)C(=O)OCC=C.C=CCOC(=O)CC([NH3+])C(=O)OCC=C.C=CC[C@H](C(=O)OCc1ccccc1)C(NC(=O)OC(C)(C)C)C(=O)O.NC(CC(=O)O)C(=O)O. The number of carbonyl (C=O) groups is 16. The number of esters is 8. The smallest absolute Gasteiger partial charge is 0.408 e. The molecule has 0 aliphatic carbocycles. The number of nitrogens with one attached hydrogen (secondary N) is 4. The molecule has 0 spiro atoms. The summed E-state index contributed by atoms with van der Waals surface area (Å²) in [6.45, 7) is 51.2. The summed E-state index contributed by atoms with van der Waals surface area (Å²) in [4.78, 5) is 185. The highest BCUT2D eigenvalue weighted by Crippen LogP contribution is 2.21. The second-order valence-electron chi connectivity index (χ2n) is 29.1. The number of benzene rings is 2. The third-order valence-electron chi connectivity index (χ3n) is 13.5. The van der Waals surface area contributed by atoms with E-state index >= 15 is 0 Å². The zero-order chi connectivity index (χ0) is 95.2. The number of hydrogen-bond acceptors (Lipinski definition) is 29. The van der Waals surface area contributed by atoms with Crippen LogP contribution in [0.25, 0.3) is 0 Å². The van der Waals surface area contributed by atoms with Gasteiger partial charge in [-0.05, 0) is 113 Å². The van der Waals surface area contributed by atoms with Crippen molar-refractivity contribution in [3.63, 3.8) is 0 Å². The largest absolute Gasteiger partial charge is 0.481 e. The topological polar surface area (TPSA) is 567 Å². The van der Waals surface area contributed by atoms with Crippen LogP contribution >= 0.6 is 0 Å². The maximum Gasteiger partial charge on any atom is 0.408 e. The molecule has 0 aliphatic heterocycles. The fraction of sp³-hybridized carbons (Fsp3) is 0.459. The van der Waals surface area contributed by atoms with Crippen LogP contribution in [-0.4, -0.2) is 215 Å². The number of alkyl carbamates (subject to hydrolysis) is 4. The first-order valence-corrected chi connectivity index (χ1v) is 37.6. The molecular weight excluding hydrogens is 1620 g/mol. The van der Waals surface area contributed by atoms with Crippen molar-refractivity contribution >= 4 is 96.0 Å². The Morgan fingerprint density at radius 1 is 0.350 bits per heavy atom. The van der Waals surface area contributed by atoms with E-state index in [0.29, 0.717) is 0 Å². The Kier molecular flexibility index (Phi) is 60.1. The van der Waals surface area contributed by atoms with Gasteiger partial charge >= 0.3 is 96.0 Å². The standard InChI is InChI=1S/C22H29NO6.C19H25NO6.2C15H23NO6.C10H15NO4.C4H7NO4/c1-6-11-17(19(24)28-15-16-12-9-8-10-13-16)18(20(25)27-14-7-2)23-21(26)29-22(3,4)5;1-5-9-14(17(23)25-12-13-10-7-6-8-11-13)15(16(21)22)20-18(24)26-19(2,3)4;1-6-8-20-12(17)10-11(13(18)21-9-7-2)16-14(19)22-15(3,4)5;1-6-8-10(12(17)18)11(13(19)21-9-7-2)16-14(20)22-15(3,4)5;1-3-5-14-9(12)7-8(11)10(13)15-6-4-2;5-2(4(8)9)1-3(6)7/h6-10,12-13,17-18H,1-2,11,14-15H2,3-5H3,(H,23,26);5-8,10-11,14-15H,1,9,12H2,2-4H3,(H,20,24)(H,21,22);6-7,11H,1-2,8-10H2,3-5H3,(H,16,19);6-7,10-11H,1-2,8-9H2,3-5H3,(H,16,20)(H,17,18);3-4,8H,1-2,5-7,11H2;2H,1,5H2,(H,6,7)(H,8,9)/p+1/t17-,18?;14-,15?;;10-,11?;;/m00.0../s1. The molecule has 2 aromatic rings. The average molecular weight is 1740 g/mol. The molecular formula is C85H123N6O32+. The van der Waals surface area contributed by atoms with Gasteiger partial charge in [0.25, 0.3) is 0 Å². The Labute approximate surface area is 716 Å². The summed E-state index contributed by atoms with van der Waals surface area (Å²) in [5.74, 6) is -14.0. The molecule has 2 rings (SSSR count). The van der Waals surface area contributed by atoms with E-state index in [9.17, 15) is 86.9 Å². The van der Waals surface area contributed by atoms with Crippen molar-refractivity contribution in [2.75, 3.05) is 39.6 Å². The molecule has 0 aromatic heterocycles. The second-order valence-corrected chi connectivity index (χ2v) is 29.1. The number of nitrogens with two attached hydrogens (primary N) is 1. The van der Waals surface area contributed by atoms with E-state index in [2.05, 4.69) is 86.2 Å². The van der Waals surface area contributed by atoms with Crippen LogP contribution in [0.3, 0.4) is 0 Å². The predicted molar refractivity (Wildman–Crippen MR) is 446 cm³/mol. The summed E-state index contributed by atoms with van der Waals surface area (Å²) < 4.78 is 59.8. The number of carbonyl (C=O) groups excluding carboxylic acids is 12. The molecule has 0 fully saturated rings. The quantitative estimate of drug-likeness (QED) is 0.0169. The lowest BCUT2D eigenvalue weighted by Gasteiger charge is -2.26. The molecule has 684 valence electrons. The van der Waals surface area contributed by atoms with Crippen LogP contribution in [0.4, 0.5) is 19.2 Å². The number of quaternary nitrogens is 1. The van der Waals surface area contributed by atoms with Gasteiger partial charge in [0.05, 0.1) is 30.6 Å². The molecule has 9 atom stereocenters. The fourth-order valence-corrected chi connectivity index (χ4v) is 8.37. The summed E-state index contributed by atoms with van der Waals surface area (Å²) in [5, 5.41) is 43.9. The molecule has 38 nitrogen and oxygen atoms in total. The summed E-state index contributed by atoms with van der Waals surface area (Å²) >= 11 is 0. The van der Waals surface area contributed by atoms with Gasteiger partial charge in [-0.1, -0.05) is 155 Å². The van der Waals surface area contributed by atoms with Crippen molar-refractivity contribution < 1.29 is 160 Å². The number of rotatable bonds is 44. The molecule has 6 unspecified atom stereocenters. The van der Waals surface area contributed by atoms with E-state index in [-0.39, 0.29) is 85.0 Å². The Balaban J connectivity index is -0.000000709. The molecule has 123 heavy (non-hydrogen) atoms. The van der Waals surface area contributed by atoms with E-state index < -0.39 is 179 Å². The maximum absolute atomic E-state index is 12.7. The Hall–Kier alpha value is -13.3.